The minimum Gasteiger partial charge on any atom is -0.258 e. The number of hydrogen-bond donors (Lipinski definition) is 0. The molecule has 11 heavy (non-hydrogen) atoms. The van der Waals surface area contributed by atoms with Gasteiger partial charge >= 0.3 is 0 Å². The largest absolute Gasteiger partial charge is 0.269 e. The van der Waals surface area contributed by atoms with Crippen LogP contribution in [0.25, 0.3) is 0 Å². The predicted octanol–water partition coefficient (Wildman–Crippen LogP) is 1.53. The molecule has 1 aromatic carbocycles. The smallest absolute Gasteiger partial charge is 0.258 e. The number of non-ortho nitro benzene ring substituents is 1. The molecule has 0 N–H and O–H groups in total. The molecule has 3 heteroatoms. The summed E-state index contributed by atoms with van der Waals surface area (Å²) < 4.78 is 0. The number of nitrogens with zero attached hydrogens (tertiary/aromatic N) is 1. The zero-order valence-electron chi connectivity index (χ0n) is 5.57. The normalized spacial score (nSPS) is 8.64. The van der Waals surface area contributed by atoms with Gasteiger partial charge in [-0.15, -0.1) is 0 Å². The van der Waals surface area contributed by atoms with E-state index in [2.05, 4.69) is 5.92 Å². The first-order chi connectivity index (χ1) is 5.24. The Hall–Kier alpha value is -1.82. The first-order valence-corrected chi connectivity index (χ1v) is 2.91. The fourth-order valence-electron chi connectivity index (χ4n) is 0.666. The zero-order valence-corrected chi connectivity index (χ0v) is 5.57. The molecule has 1 radical (unpaired) electrons. The number of benzene rings is 1. The Kier molecular flexibility index (Phi) is 1.88. The van der Waals surface area contributed by atoms with Crippen LogP contribution in [0.4, 0.5) is 5.69 Å². The lowest BCUT2D eigenvalue weighted by atomic mass is 10.2. The van der Waals surface area contributed by atoms with Crippen molar-refractivity contribution in [1.29, 1.82) is 0 Å². The first-order valence-electron chi connectivity index (χ1n) is 2.91. The molecule has 0 heterocycles. The van der Waals surface area contributed by atoms with Crippen molar-refractivity contribution in [2.45, 2.75) is 0 Å². The highest BCUT2D eigenvalue weighted by Gasteiger charge is 2.01. The lowest BCUT2D eigenvalue weighted by Crippen LogP contribution is -1.86. The zero-order chi connectivity index (χ0) is 8.27. The third-order valence-corrected chi connectivity index (χ3v) is 1.22. The molecule has 0 atom stereocenters. The molecule has 0 aliphatic carbocycles. The highest BCUT2D eigenvalue weighted by Crippen LogP contribution is 2.10. The lowest BCUT2D eigenvalue weighted by Gasteiger charge is -1.89. The van der Waals surface area contributed by atoms with Crippen molar-refractivity contribution in [3.8, 4) is 5.92 Å². The monoisotopic (exact) mass is 146 g/mol. The van der Waals surface area contributed by atoms with Crippen molar-refractivity contribution in [2.75, 3.05) is 0 Å². The molecule has 1 aromatic rings. The Morgan fingerprint density at radius 3 is 2.27 bits per heavy atom. The molecule has 0 amide bonds. The second-order valence-corrected chi connectivity index (χ2v) is 1.93. The van der Waals surface area contributed by atoms with E-state index in [0.717, 1.165) is 0 Å². The average Bonchev–Trinajstić information content (AvgIpc) is 2.05. The van der Waals surface area contributed by atoms with Gasteiger partial charge in [-0.3, -0.25) is 10.1 Å². The summed E-state index contributed by atoms with van der Waals surface area (Å²) in [4.78, 5) is 9.66. The molecule has 0 saturated heterocycles. The maximum atomic E-state index is 10.1. The van der Waals surface area contributed by atoms with Crippen molar-refractivity contribution < 1.29 is 4.92 Å². The topological polar surface area (TPSA) is 43.1 Å². The fourth-order valence-corrected chi connectivity index (χ4v) is 0.666. The molecule has 0 spiro atoms. The van der Waals surface area contributed by atoms with Crippen molar-refractivity contribution in [1.82, 2.24) is 0 Å². The van der Waals surface area contributed by atoms with E-state index in [0.29, 0.717) is 5.56 Å². The summed E-state index contributed by atoms with van der Waals surface area (Å²) >= 11 is 0. The molecule has 0 aliphatic heterocycles. The maximum Gasteiger partial charge on any atom is 0.269 e. The summed E-state index contributed by atoms with van der Waals surface area (Å²) in [6.45, 7) is 0. The predicted molar refractivity (Wildman–Crippen MR) is 39.3 cm³/mol. The second kappa shape index (κ2) is 2.84. The van der Waals surface area contributed by atoms with E-state index in [4.69, 9.17) is 6.42 Å². The van der Waals surface area contributed by atoms with Crippen molar-refractivity contribution in [3.05, 3.63) is 46.4 Å². The minimum atomic E-state index is -0.478. The molecule has 3 nitrogen and oxygen atoms in total. The van der Waals surface area contributed by atoms with Crippen LogP contribution in [0.15, 0.2) is 24.3 Å². The van der Waals surface area contributed by atoms with Crippen molar-refractivity contribution >= 4 is 5.69 Å². The minimum absolute atomic E-state index is 0.0315. The van der Waals surface area contributed by atoms with E-state index in [1.54, 1.807) is 0 Å². The molecule has 53 valence electrons. The van der Waals surface area contributed by atoms with Gasteiger partial charge in [0.1, 0.15) is 0 Å². The summed E-state index contributed by atoms with van der Waals surface area (Å²) in [5.74, 6) is 2.12. The molecule has 0 fully saturated rings. The van der Waals surface area contributed by atoms with E-state index >= 15 is 0 Å². The van der Waals surface area contributed by atoms with Crippen LogP contribution in [0, 0.1) is 22.5 Å². The summed E-state index contributed by atoms with van der Waals surface area (Å²) in [6.07, 6.45) is 6.70. The molecule has 1 rings (SSSR count). The van der Waals surface area contributed by atoms with Crippen molar-refractivity contribution in [2.24, 2.45) is 0 Å². The number of nitro groups is 1. The van der Waals surface area contributed by atoms with Gasteiger partial charge in [0.25, 0.3) is 5.69 Å². The molecular weight excluding hydrogens is 142 g/mol. The van der Waals surface area contributed by atoms with E-state index < -0.39 is 4.92 Å². The fraction of sp³-hybridized carbons (Fsp3) is 0. The SMILES string of the molecule is [C]#Cc1ccc([N+](=O)[O-])cc1. The quantitative estimate of drug-likeness (QED) is 0.342. The highest BCUT2D eigenvalue weighted by molar-refractivity contribution is 5.38. The Labute approximate surface area is 63.8 Å². The Bertz CT molecular complexity index is 308. The van der Waals surface area contributed by atoms with Gasteiger partial charge in [0, 0.05) is 17.7 Å². The Balaban J connectivity index is 3.03. The summed E-state index contributed by atoms with van der Waals surface area (Å²) in [7, 11) is 0. The van der Waals surface area contributed by atoms with Gasteiger partial charge in [-0.25, -0.2) is 0 Å². The summed E-state index contributed by atoms with van der Waals surface area (Å²) in [6, 6.07) is 5.64. The van der Waals surface area contributed by atoms with Gasteiger partial charge in [0.15, 0.2) is 0 Å². The van der Waals surface area contributed by atoms with Crippen LogP contribution in [0.1, 0.15) is 5.56 Å². The van der Waals surface area contributed by atoms with Gasteiger partial charge in [-0.2, -0.15) is 0 Å². The summed E-state index contributed by atoms with van der Waals surface area (Å²) in [5.41, 5.74) is 0.569. The van der Waals surface area contributed by atoms with Crippen LogP contribution >= 0.6 is 0 Å². The van der Waals surface area contributed by atoms with E-state index in [9.17, 15) is 10.1 Å². The van der Waals surface area contributed by atoms with Crippen LogP contribution in [-0.2, 0) is 0 Å². The van der Waals surface area contributed by atoms with Gasteiger partial charge in [-0.05, 0) is 18.6 Å². The number of hydrogen-bond acceptors (Lipinski definition) is 2. The van der Waals surface area contributed by atoms with Gasteiger partial charge in [0.05, 0.1) is 4.92 Å². The molecule has 0 aromatic heterocycles. The van der Waals surface area contributed by atoms with Crippen LogP contribution in [0.2, 0.25) is 0 Å². The molecule has 0 aliphatic rings. The number of nitro benzene ring substituents is 1. The third kappa shape index (κ3) is 1.55. The molecule has 0 unspecified atom stereocenters. The van der Waals surface area contributed by atoms with E-state index in [1.165, 1.54) is 24.3 Å². The lowest BCUT2D eigenvalue weighted by molar-refractivity contribution is -0.384. The van der Waals surface area contributed by atoms with Crippen LogP contribution in [0.3, 0.4) is 0 Å². The second-order valence-electron chi connectivity index (χ2n) is 1.93. The third-order valence-electron chi connectivity index (χ3n) is 1.22. The summed E-state index contributed by atoms with van der Waals surface area (Å²) in [5, 5.41) is 10.1. The molecular formula is C8H4NO2. The van der Waals surface area contributed by atoms with Gasteiger partial charge in [0.2, 0.25) is 0 Å². The van der Waals surface area contributed by atoms with E-state index in [1.807, 2.05) is 0 Å². The van der Waals surface area contributed by atoms with E-state index in [-0.39, 0.29) is 5.69 Å². The van der Waals surface area contributed by atoms with Crippen LogP contribution < -0.4 is 0 Å². The Morgan fingerprint density at radius 1 is 1.36 bits per heavy atom. The maximum absolute atomic E-state index is 10.1. The Morgan fingerprint density at radius 2 is 1.91 bits per heavy atom. The van der Waals surface area contributed by atoms with Crippen LogP contribution in [0.5, 0.6) is 0 Å². The average molecular weight is 146 g/mol. The standard InChI is InChI=1S/C8H4NO2/c1-2-7-3-5-8(6-4-7)9(10)11/h3-6H. The molecule has 0 saturated carbocycles. The van der Waals surface area contributed by atoms with Gasteiger partial charge in [-0.1, -0.05) is 5.92 Å². The highest BCUT2D eigenvalue weighted by atomic mass is 16.6. The molecule has 0 bridgehead atoms. The van der Waals surface area contributed by atoms with Gasteiger partial charge < -0.3 is 0 Å². The van der Waals surface area contributed by atoms with Crippen molar-refractivity contribution in [3.63, 3.8) is 0 Å². The van der Waals surface area contributed by atoms with Crippen LogP contribution in [-0.4, -0.2) is 4.92 Å². The first kappa shape index (κ1) is 7.29. The number of rotatable bonds is 1.